The second kappa shape index (κ2) is 15.6. The van der Waals surface area contributed by atoms with Crippen molar-refractivity contribution in [2.24, 2.45) is 0 Å². The number of aliphatic carboxylic acids is 2. The molecule has 0 aliphatic carbocycles. The Labute approximate surface area is 275 Å². The van der Waals surface area contributed by atoms with Crippen LogP contribution in [-0.2, 0) is 26.3 Å². The highest BCUT2D eigenvalue weighted by atomic mass is 19.4. The van der Waals surface area contributed by atoms with E-state index < -0.39 is 30.1 Å². The molecule has 2 aromatic carbocycles. The molecule has 0 saturated carbocycles. The van der Waals surface area contributed by atoms with Gasteiger partial charge >= 0.3 is 18.1 Å². The molecule has 1 aliphatic heterocycles. The maximum atomic E-state index is 13.7. The average molecular weight is 681 g/mol. The van der Waals surface area contributed by atoms with Crippen LogP contribution in [0.3, 0.4) is 0 Å². The second-order valence-electron chi connectivity index (χ2n) is 11.5. The number of nitrogens with one attached hydrogen (secondary N) is 2. The molecule has 0 aromatic heterocycles. The van der Waals surface area contributed by atoms with E-state index in [4.69, 9.17) is 24.8 Å². The number of amidine groups is 1. The minimum atomic E-state index is -5.08. The number of carboxylic acids is 2. The number of carbonyl (C=O) groups is 5. The molecule has 0 unspecified atom stereocenters. The van der Waals surface area contributed by atoms with Crippen molar-refractivity contribution >= 4 is 41.1 Å². The van der Waals surface area contributed by atoms with Crippen molar-refractivity contribution in [3.8, 4) is 11.5 Å². The van der Waals surface area contributed by atoms with Crippen LogP contribution in [0.2, 0.25) is 0 Å². The molecule has 2 aromatic rings. The number of alkyl halides is 3. The SMILES string of the molecule is CCOc1cc2c(cc1C(=O)NC)C(=N)N(CC(=O)c1cc(N(CC)C(C)=O)c(OCC(=O)O)c(C(C)(C)C)c1)C2.O=C(O)C(F)(F)F. The van der Waals surface area contributed by atoms with Crippen molar-refractivity contribution < 1.29 is 56.8 Å². The number of anilines is 1. The Balaban J connectivity index is 0.00000103. The van der Waals surface area contributed by atoms with Gasteiger partial charge in [0.1, 0.15) is 17.3 Å². The number of halogens is 3. The van der Waals surface area contributed by atoms with Crippen molar-refractivity contribution in [2.45, 2.75) is 59.7 Å². The van der Waals surface area contributed by atoms with Crippen molar-refractivity contribution in [2.75, 3.05) is 38.3 Å². The number of carbonyl (C=O) groups excluding carboxylic acids is 3. The van der Waals surface area contributed by atoms with Gasteiger partial charge in [-0.2, -0.15) is 13.2 Å². The highest BCUT2D eigenvalue weighted by Crippen LogP contribution is 2.41. The first-order valence-corrected chi connectivity index (χ1v) is 14.7. The van der Waals surface area contributed by atoms with Crippen LogP contribution in [-0.4, -0.2) is 90.0 Å². The van der Waals surface area contributed by atoms with E-state index in [0.717, 1.165) is 5.56 Å². The Morgan fingerprint density at radius 3 is 2.08 bits per heavy atom. The number of Topliss-reactive ketones (excluding diaryl/α,β-unsaturated/α-hetero) is 1. The monoisotopic (exact) mass is 680 g/mol. The maximum absolute atomic E-state index is 13.7. The van der Waals surface area contributed by atoms with Gasteiger partial charge in [-0.05, 0) is 49.1 Å². The fourth-order valence-corrected chi connectivity index (χ4v) is 4.80. The fourth-order valence-electron chi connectivity index (χ4n) is 4.80. The number of ketones is 1. The van der Waals surface area contributed by atoms with Crippen LogP contribution >= 0.6 is 0 Å². The minimum absolute atomic E-state index is 0.109. The Hall–Kier alpha value is -5.15. The van der Waals surface area contributed by atoms with E-state index in [1.54, 1.807) is 36.1 Å². The van der Waals surface area contributed by atoms with E-state index in [0.29, 0.717) is 40.3 Å². The van der Waals surface area contributed by atoms with Crippen LogP contribution < -0.4 is 19.7 Å². The molecule has 0 saturated heterocycles. The van der Waals surface area contributed by atoms with Crippen LogP contribution in [0.15, 0.2) is 24.3 Å². The molecular weight excluding hydrogens is 641 g/mol. The summed E-state index contributed by atoms with van der Waals surface area (Å²) in [6, 6.07) is 6.56. The number of hydrogen-bond donors (Lipinski definition) is 4. The van der Waals surface area contributed by atoms with Gasteiger partial charge in [0.25, 0.3) is 5.91 Å². The van der Waals surface area contributed by atoms with Crippen molar-refractivity contribution in [1.29, 1.82) is 5.41 Å². The lowest BCUT2D eigenvalue weighted by molar-refractivity contribution is -0.192. The van der Waals surface area contributed by atoms with Gasteiger partial charge in [-0.25, -0.2) is 9.59 Å². The summed E-state index contributed by atoms with van der Waals surface area (Å²) < 4.78 is 43.1. The van der Waals surface area contributed by atoms with Crippen LogP contribution in [0, 0.1) is 5.41 Å². The number of ether oxygens (including phenoxy) is 2. The molecule has 1 heterocycles. The van der Waals surface area contributed by atoms with Gasteiger partial charge in [0.05, 0.1) is 24.4 Å². The second-order valence-corrected chi connectivity index (χ2v) is 11.5. The number of benzene rings is 2. The molecule has 0 spiro atoms. The van der Waals surface area contributed by atoms with Gasteiger partial charge in [-0.1, -0.05) is 20.8 Å². The molecule has 262 valence electrons. The van der Waals surface area contributed by atoms with E-state index in [1.807, 2.05) is 27.7 Å². The minimum Gasteiger partial charge on any atom is -0.493 e. The molecular formula is C32H39F3N4O9. The lowest BCUT2D eigenvalue weighted by atomic mass is 9.84. The predicted molar refractivity (Wildman–Crippen MR) is 168 cm³/mol. The zero-order valence-electron chi connectivity index (χ0n) is 27.6. The summed E-state index contributed by atoms with van der Waals surface area (Å²) in [4.78, 5) is 62.0. The summed E-state index contributed by atoms with van der Waals surface area (Å²) in [5.74, 6) is -4.09. The van der Waals surface area contributed by atoms with Gasteiger partial charge in [0, 0.05) is 43.8 Å². The molecule has 3 rings (SSSR count). The first-order chi connectivity index (χ1) is 22.2. The Morgan fingerprint density at radius 1 is 1.02 bits per heavy atom. The number of amides is 2. The zero-order chi connectivity index (χ0) is 36.7. The summed E-state index contributed by atoms with van der Waals surface area (Å²) in [6.45, 7) is 10.9. The lowest BCUT2D eigenvalue weighted by Crippen LogP contribution is -2.32. The molecule has 0 atom stereocenters. The third-order valence-electron chi connectivity index (χ3n) is 7.01. The number of rotatable bonds is 11. The smallest absolute Gasteiger partial charge is 0.490 e. The molecule has 4 N–H and O–H groups in total. The highest BCUT2D eigenvalue weighted by Gasteiger charge is 2.38. The van der Waals surface area contributed by atoms with Crippen molar-refractivity contribution in [1.82, 2.24) is 10.2 Å². The Kier molecular flexibility index (Phi) is 12.7. The lowest BCUT2D eigenvalue weighted by Gasteiger charge is -2.29. The standard InChI is InChI=1S/C30H38N4O7.C2HF3O2/c1-8-34(17(3)35)23-11-18(10-22(30(4,5)6)27(23)41-16-26(37)38)24(36)15-33-14-19-12-25(40-9-2)21(29(39)32-7)13-20(19)28(33)31;3-2(4,5)1(6)7/h10-13,31H,8-9,14-16H2,1-7H3,(H,32,39)(H,37,38);(H,6,7). The van der Waals surface area contributed by atoms with Crippen LogP contribution in [0.25, 0.3) is 0 Å². The summed E-state index contributed by atoms with van der Waals surface area (Å²) in [5, 5.41) is 27.7. The van der Waals surface area contributed by atoms with Gasteiger partial charge in [0.2, 0.25) is 5.91 Å². The number of hydrogen-bond acceptors (Lipinski definition) is 8. The van der Waals surface area contributed by atoms with E-state index in [2.05, 4.69) is 5.32 Å². The van der Waals surface area contributed by atoms with Crippen LogP contribution in [0.4, 0.5) is 18.9 Å². The van der Waals surface area contributed by atoms with E-state index >= 15 is 0 Å². The van der Waals surface area contributed by atoms with Crippen LogP contribution in [0.5, 0.6) is 11.5 Å². The van der Waals surface area contributed by atoms with E-state index in [-0.39, 0.29) is 48.8 Å². The maximum Gasteiger partial charge on any atom is 0.490 e. The molecule has 48 heavy (non-hydrogen) atoms. The first kappa shape index (κ1) is 39.0. The van der Waals surface area contributed by atoms with Crippen LogP contribution in [0.1, 0.15) is 78.9 Å². The molecule has 2 amide bonds. The summed E-state index contributed by atoms with van der Waals surface area (Å²) in [6.07, 6.45) is -5.08. The fraction of sp³-hybridized carbons (Fsp3) is 0.438. The number of fused-ring (bicyclic) bond motifs is 1. The summed E-state index contributed by atoms with van der Waals surface area (Å²) in [7, 11) is 1.52. The van der Waals surface area contributed by atoms with E-state index in [1.165, 1.54) is 18.9 Å². The average Bonchev–Trinajstić information content (AvgIpc) is 3.28. The summed E-state index contributed by atoms with van der Waals surface area (Å²) >= 11 is 0. The number of nitrogens with zero attached hydrogens (tertiary/aromatic N) is 2. The largest absolute Gasteiger partial charge is 0.493 e. The predicted octanol–water partition coefficient (Wildman–Crippen LogP) is 4.24. The van der Waals surface area contributed by atoms with Gasteiger partial charge in [-0.3, -0.25) is 19.8 Å². The van der Waals surface area contributed by atoms with Crippen molar-refractivity contribution in [3.63, 3.8) is 0 Å². The summed E-state index contributed by atoms with van der Waals surface area (Å²) in [5.41, 5.74) is 2.26. The zero-order valence-corrected chi connectivity index (χ0v) is 27.6. The molecule has 0 bridgehead atoms. The van der Waals surface area contributed by atoms with Gasteiger partial charge in [0.15, 0.2) is 12.4 Å². The molecule has 16 heteroatoms. The Morgan fingerprint density at radius 2 is 1.62 bits per heavy atom. The third kappa shape index (κ3) is 9.45. The third-order valence-corrected chi connectivity index (χ3v) is 7.01. The molecule has 0 fully saturated rings. The van der Waals surface area contributed by atoms with E-state index in [9.17, 15) is 37.5 Å². The quantitative estimate of drug-likeness (QED) is 0.250. The first-order valence-electron chi connectivity index (χ1n) is 14.7. The van der Waals surface area contributed by atoms with Crippen molar-refractivity contribution in [3.05, 3.63) is 52.1 Å². The molecule has 1 aliphatic rings. The topological polar surface area (TPSA) is 187 Å². The number of carboxylic acid groups (broad SMARTS) is 2. The molecule has 0 radical (unpaired) electrons. The highest BCUT2D eigenvalue weighted by molar-refractivity contribution is 6.08. The Bertz CT molecular complexity index is 1600. The molecule has 13 nitrogen and oxygen atoms in total. The normalized spacial score (nSPS) is 12.4. The van der Waals surface area contributed by atoms with Gasteiger partial charge < -0.3 is 34.8 Å². The van der Waals surface area contributed by atoms with Gasteiger partial charge in [-0.15, -0.1) is 0 Å².